The Bertz CT molecular complexity index is 869. The summed E-state index contributed by atoms with van der Waals surface area (Å²) in [4.78, 5) is 33.4. The Hall–Kier alpha value is -3.13. The van der Waals surface area contributed by atoms with Gasteiger partial charge in [0.25, 0.3) is 0 Å². The van der Waals surface area contributed by atoms with Crippen LogP contribution >= 0.6 is 0 Å². The number of nitrogens with one attached hydrogen (secondary N) is 1. The van der Waals surface area contributed by atoms with E-state index in [9.17, 15) is 9.59 Å². The van der Waals surface area contributed by atoms with Gasteiger partial charge in [-0.05, 0) is 37.5 Å². The van der Waals surface area contributed by atoms with Gasteiger partial charge in [-0.15, -0.1) is 0 Å². The Labute approximate surface area is 182 Å². The number of nitrogens with zero attached hydrogens (tertiary/aromatic N) is 3. The maximum atomic E-state index is 12.8. The molecule has 3 amide bonds. The molecular formula is C23H28N4O4. The number of pyridine rings is 1. The average Bonchev–Trinajstić information content (AvgIpc) is 3.08. The van der Waals surface area contributed by atoms with Gasteiger partial charge in [-0.25, -0.2) is 9.78 Å². The highest BCUT2D eigenvalue weighted by Crippen LogP contribution is 2.21. The molecule has 4 rings (SSSR count). The molecule has 1 aromatic carbocycles. The molecule has 0 aliphatic carbocycles. The molecule has 0 unspecified atom stereocenters. The number of aromatic nitrogens is 1. The van der Waals surface area contributed by atoms with Gasteiger partial charge < -0.3 is 24.6 Å². The van der Waals surface area contributed by atoms with Crippen molar-refractivity contribution >= 4 is 17.6 Å². The summed E-state index contributed by atoms with van der Waals surface area (Å²) in [5.74, 6) is 1.41. The third kappa shape index (κ3) is 5.73. The summed E-state index contributed by atoms with van der Waals surface area (Å²) < 4.78 is 11.0. The van der Waals surface area contributed by atoms with Crippen molar-refractivity contribution in [3.05, 3.63) is 48.7 Å². The first-order valence-electron chi connectivity index (χ1n) is 10.8. The Kier molecular flexibility index (Phi) is 6.99. The number of anilines is 1. The zero-order valence-corrected chi connectivity index (χ0v) is 17.5. The molecule has 2 fully saturated rings. The van der Waals surface area contributed by atoms with E-state index in [0.717, 1.165) is 19.3 Å². The van der Waals surface area contributed by atoms with Gasteiger partial charge in [0.2, 0.25) is 11.8 Å². The van der Waals surface area contributed by atoms with Crippen LogP contribution in [0.5, 0.6) is 11.6 Å². The number of benzene rings is 1. The molecule has 2 aliphatic rings. The third-order valence-electron chi connectivity index (χ3n) is 5.62. The van der Waals surface area contributed by atoms with E-state index in [1.807, 2.05) is 35.2 Å². The fourth-order valence-corrected chi connectivity index (χ4v) is 3.87. The monoisotopic (exact) mass is 424 g/mol. The van der Waals surface area contributed by atoms with Crippen molar-refractivity contribution in [1.29, 1.82) is 0 Å². The number of ether oxygens (including phenoxy) is 2. The van der Waals surface area contributed by atoms with E-state index in [1.54, 1.807) is 23.2 Å². The molecule has 31 heavy (non-hydrogen) atoms. The topological polar surface area (TPSA) is 84.0 Å². The standard InChI is InChI=1S/C23H28N4O4/c28-22(18-9-15-30-16-10-18)26-11-4-12-27(14-13-26)23(29)25-19-7-8-21(24-17-19)31-20-5-2-1-3-6-20/h1-3,5-8,17-18H,4,9-16H2,(H,25,29). The van der Waals surface area contributed by atoms with Crippen LogP contribution < -0.4 is 10.1 Å². The van der Waals surface area contributed by atoms with Crippen LogP contribution in [-0.2, 0) is 9.53 Å². The molecule has 1 N–H and O–H groups in total. The predicted octanol–water partition coefficient (Wildman–Crippen LogP) is 3.37. The number of carbonyl (C=O) groups is 2. The summed E-state index contributed by atoms with van der Waals surface area (Å²) in [6, 6.07) is 12.7. The zero-order chi connectivity index (χ0) is 21.5. The molecule has 3 heterocycles. The fraction of sp³-hybridized carbons (Fsp3) is 0.435. The molecule has 0 atom stereocenters. The minimum atomic E-state index is -0.182. The maximum Gasteiger partial charge on any atom is 0.321 e. The smallest absolute Gasteiger partial charge is 0.321 e. The highest BCUT2D eigenvalue weighted by molar-refractivity contribution is 5.89. The summed E-state index contributed by atoms with van der Waals surface area (Å²) in [6.45, 7) is 3.69. The molecule has 0 radical (unpaired) electrons. The van der Waals surface area contributed by atoms with Crippen molar-refractivity contribution in [2.45, 2.75) is 19.3 Å². The fourth-order valence-electron chi connectivity index (χ4n) is 3.87. The van der Waals surface area contributed by atoms with Crippen LogP contribution in [0, 0.1) is 5.92 Å². The first-order chi connectivity index (χ1) is 15.2. The van der Waals surface area contributed by atoms with Crippen molar-refractivity contribution < 1.29 is 19.1 Å². The molecule has 0 saturated carbocycles. The van der Waals surface area contributed by atoms with E-state index < -0.39 is 0 Å². The van der Waals surface area contributed by atoms with E-state index in [0.29, 0.717) is 56.7 Å². The molecule has 164 valence electrons. The van der Waals surface area contributed by atoms with Crippen LogP contribution in [0.1, 0.15) is 19.3 Å². The zero-order valence-electron chi connectivity index (χ0n) is 17.5. The number of hydrogen-bond donors (Lipinski definition) is 1. The largest absolute Gasteiger partial charge is 0.439 e. The summed E-state index contributed by atoms with van der Waals surface area (Å²) >= 11 is 0. The molecular weight excluding hydrogens is 396 g/mol. The normalized spacial score (nSPS) is 17.7. The van der Waals surface area contributed by atoms with Crippen molar-refractivity contribution in [1.82, 2.24) is 14.8 Å². The van der Waals surface area contributed by atoms with E-state index >= 15 is 0 Å². The second kappa shape index (κ2) is 10.3. The maximum absolute atomic E-state index is 12.8. The van der Waals surface area contributed by atoms with Crippen LogP contribution in [0.15, 0.2) is 48.7 Å². The van der Waals surface area contributed by atoms with E-state index in [1.165, 1.54) is 0 Å². The number of para-hydroxylation sites is 1. The van der Waals surface area contributed by atoms with Gasteiger partial charge in [-0.3, -0.25) is 4.79 Å². The Morgan fingerprint density at radius 2 is 1.71 bits per heavy atom. The Balaban J connectivity index is 1.28. The van der Waals surface area contributed by atoms with E-state index in [4.69, 9.17) is 9.47 Å². The van der Waals surface area contributed by atoms with Crippen molar-refractivity contribution in [3.63, 3.8) is 0 Å². The molecule has 2 aliphatic heterocycles. The second-order valence-corrected chi connectivity index (χ2v) is 7.78. The molecule has 0 bridgehead atoms. The molecule has 0 spiro atoms. The molecule has 2 saturated heterocycles. The first-order valence-corrected chi connectivity index (χ1v) is 10.8. The molecule has 8 nitrogen and oxygen atoms in total. The highest BCUT2D eigenvalue weighted by Gasteiger charge is 2.28. The van der Waals surface area contributed by atoms with Crippen molar-refractivity contribution in [2.24, 2.45) is 5.92 Å². The van der Waals surface area contributed by atoms with Gasteiger partial charge in [0, 0.05) is 51.4 Å². The van der Waals surface area contributed by atoms with Gasteiger partial charge in [-0.1, -0.05) is 18.2 Å². The van der Waals surface area contributed by atoms with Crippen molar-refractivity contribution in [2.75, 3.05) is 44.7 Å². The van der Waals surface area contributed by atoms with Crippen LogP contribution in [0.25, 0.3) is 0 Å². The minimum absolute atomic E-state index is 0.0526. The van der Waals surface area contributed by atoms with Gasteiger partial charge in [0.15, 0.2) is 0 Å². The quantitative estimate of drug-likeness (QED) is 0.814. The lowest BCUT2D eigenvalue weighted by Gasteiger charge is -2.28. The second-order valence-electron chi connectivity index (χ2n) is 7.78. The summed E-state index contributed by atoms with van der Waals surface area (Å²) in [5, 5.41) is 2.89. The summed E-state index contributed by atoms with van der Waals surface area (Å²) in [7, 11) is 0. The average molecular weight is 425 g/mol. The lowest BCUT2D eigenvalue weighted by atomic mass is 9.98. The Morgan fingerprint density at radius 3 is 2.45 bits per heavy atom. The van der Waals surface area contributed by atoms with Gasteiger partial charge >= 0.3 is 6.03 Å². The van der Waals surface area contributed by atoms with Gasteiger partial charge in [-0.2, -0.15) is 0 Å². The van der Waals surface area contributed by atoms with Crippen LogP contribution in [0.3, 0.4) is 0 Å². The predicted molar refractivity (Wildman–Crippen MR) is 116 cm³/mol. The first kappa shape index (κ1) is 21.1. The van der Waals surface area contributed by atoms with Crippen LogP contribution in [0.2, 0.25) is 0 Å². The van der Waals surface area contributed by atoms with Gasteiger partial charge in [0.05, 0.1) is 11.9 Å². The lowest BCUT2D eigenvalue weighted by Crippen LogP contribution is -2.42. The van der Waals surface area contributed by atoms with Gasteiger partial charge in [0.1, 0.15) is 5.75 Å². The summed E-state index contributed by atoms with van der Waals surface area (Å²) in [5.41, 5.74) is 0.602. The summed E-state index contributed by atoms with van der Waals surface area (Å²) in [6.07, 6.45) is 3.92. The number of rotatable bonds is 4. The van der Waals surface area contributed by atoms with Crippen molar-refractivity contribution in [3.8, 4) is 11.6 Å². The van der Waals surface area contributed by atoms with E-state index in [-0.39, 0.29) is 17.9 Å². The van der Waals surface area contributed by atoms with Crippen LogP contribution in [-0.4, -0.2) is 66.1 Å². The molecule has 1 aromatic heterocycles. The highest BCUT2D eigenvalue weighted by atomic mass is 16.5. The number of urea groups is 1. The lowest BCUT2D eigenvalue weighted by molar-refractivity contribution is -0.138. The van der Waals surface area contributed by atoms with E-state index in [2.05, 4.69) is 10.3 Å². The number of amides is 3. The number of hydrogen-bond acceptors (Lipinski definition) is 5. The SMILES string of the molecule is O=C(Nc1ccc(Oc2ccccc2)nc1)N1CCCN(C(=O)C2CCOCC2)CC1. The third-order valence-corrected chi connectivity index (χ3v) is 5.62. The van der Waals surface area contributed by atoms with Crippen LogP contribution in [0.4, 0.5) is 10.5 Å². The molecule has 2 aromatic rings. The number of carbonyl (C=O) groups excluding carboxylic acids is 2. The Morgan fingerprint density at radius 1 is 0.968 bits per heavy atom. The molecule has 8 heteroatoms. The minimum Gasteiger partial charge on any atom is -0.439 e.